The van der Waals surface area contributed by atoms with Gasteiger partial charge < -0.3 is 14.8 Å². The molecular formula is C50H42FNO3. The first kappa shape index (κ1) is 46.0. The molecule has 1 amide bonds. The van der Waals surface area contributed by atoms with E-state index in [4.69, 9.17) is 9.47 Å². The molecule has 0 saturated carbocycles. The van der Waals surface area contributed by atoms with Gasteiger partial charge in [-0.2, -0.15) is 0 Å². The average Bonchev–Trinajstić information content (AvgIpc) is 3.15. The van der Waals surface area contributed by atoms with Gasteiger partial charge >= 0.3 is 0 Å². The van der Waals surface area contributed by atoms with Gasteiger partial charge in [-0.05, 0) is 139 Å². The van der Waals surface area contributed by atoms with E-state index in [2.05, 4.69) is 194 Å². The molecule has 1 saturated heterocycles. The molecule has 2 unspecified atom stereocenters. The lowest BCUT2D eigenvalue weighted by Gasteiger charge is -2.44. The van der Waals surface area contributed by atoms with Crippen molar-refractivity contribution >= 4 is 5.91 Å². The highest BCUT2D eigenvalue weighted by Crippen LogP contribution is 2.39. The summed E-state index contributed by atoms with van der Waals surface area (Å²) in [6.07, 6.45) is 7.08. The Morgan fingerprint density at radius 2 is 1.15 bits per heavy atom. The largest absolute Gasteiger partial charge is 0.350 e. The molecule has 0 aliphatic carbocycles. The molecule has 1 aliphatic heterocycles. The molecule has 1 fully saturated rings. The Bertz CT molecular complexity index is 2200. The minimum Gasteiger partial charge on any atom is -0.350 e. The van der Waals surface area contributed by atoms with Crippen LogP contribution in [0.5, 0.6) is 0 Å². The lowest BCUT2D eigenvalue weighted by molar-refractivity contribution is -0.236. The Hall–Kier alpha value is -7.00. The van der Waals surface area contributed by atoms with E-state index in [1.165, 1.54) is 0 Å². The molecule has 7 atom stereocenters. The number of carbonyl (C=O) groups is 1. The second-order valence-electron chi connectivity index (χ2n) is 12.5. The monoisotopic (exact) mass is 723 g/mol. The smallest absolute Gasteiger partial charge is 0.297 e. The van der Waals surface area contributed by atoms with E-state index in [-0.39, 0.29) is 42.3 Å². The molecule has 0 bridgehead atoms. The van der Waals surface area contributed by atoms with Crippen molar-refractivity contribution in [2.24, 2.45) is 23.2 Å². The fraction of sp³-hybridized carbons (Fsp3) is 0.340. The Morgan fingerprint density at radius 1 is 0.709 bits per heavy atom. The zero-order valence-corrected chi connectivity index (χ0v) is 31.8. The highest BCUT2D eigenvalue weighted by molar-refractivity contribution is 5.94. The molecule has 1 aliphatic rings. The van der Waals surface area contributed by atoms with E-state index in [0.29, 0.717) is 12.8 Å². The lowest BCUT2D eigenvalue weighted by atomic mass is 9.75. The van der Waals surface area contributed by atoms with Crippen LogP contribution in [0.3, 0.4) is 0 Å². The summed E-state index contributed by atoms with van der Waals surface area (Å²) in [4.78, 5) is 12.7. The number of carbonyl (C=O) groups excluding carboxylic acids is 1. The van der Waals surface area contributed by atoms with Gasteiger partial charge in [-0.3, -0.25) is 4.79 Å². The van der Waals surface area contributed by atoms with Crippen LogP contribution >= 0.6 is 0 Å². The summed E-state index contributed by atoms with van der Waals surface area (Å²) in [5.74, 6) is 59.0. The predicted octanol–water partition coefficient (Wildman–Crippen LogP) is 5.81. The van der Waals surface area contributed by atoms with Crippen molar-refractivity contribution in [2.45, 2.75) is 78.0 Å². The molecular weight excluding hydrogens is 682 g/mol. The standard InChI is InChI=1S/C50H42FNO3/c1-9-14-15-16-17-18-19-20-21-22-23-24-25-26-27-28-29-30-31-32-33-34-35-39-48(53)52-46(45(51)38-36-40-50(6,7)8)41-54-49-44(13-5)42(11-3)43(12-4)47(55-49)37-10-2/h10-13,42-47,49H,2-5,36-38,40-41H2,1,6-8H3,(H,52,53)/t42?,43-,44-,45-,46+,47?,49-/m1/s1. The van der Waals surface area contributed by atoms with Crippen LogP contribution in [0.4, 0.5) is 4.39 Å². The Morgan fingerprint density at radius 3 is 1.55 bits per heavy atom. The van der Waals surface area contributed by atoms with Crippen molar-refractivity contribution in [3.63, 3.8) is 0 Å². The third-order valence-electron chi connectivity index (χ3n) is 7.37. The van der Waals surface area contributed by atoms with Crippen LogP contribution in [0.25, 0.3) is 0 Å². The van der Waals surface area contributed by atoms with Crippen LogP contribution in [-0.4, -0.2) is 37.1 Å². The van der Waals surface area contributed by atoms with Gasteiger partial charge in [-0.25, -0.2) is 4.39 Å². The molecule has 0 radical (unpaired) electrons. The summed E-state index contributed by atoms with van der Waals surface area (Å²) in [7, 11) is 0. The molecule has 1 heterocycles. The number of ether oxygens (including phenoxy) is 2. The summed E-state index contributed by atoms with van der Waals surface area (Å²) in [5.41, 5.74) is 0.0474. The van der Waals surface area contributed by atoms with Crippen LogP contribution in [0.2, 0.25) is 0 Å². The maximum absolute atomic E-state index is 15.6. The Labute approximate surface area is 329 Å². The second kappa shape index (κ2) is 28.6. The van der Waals surface area contributed by atoms with Gasteiger partial charge in [-0.1, -0.05) is 51.0 Å². The number of alkyl halides is 1. The first-order valence-corrected chi connectivity index (χ1v) is 17.2. The van der Waals surface area contributed by atoms with Gasteiger partial charge in [0.25, 0.3) is 5.91 Å². The summed E-state index contributed by atoms with van der Waals surface area (Å²) in [5, 5.41) is 2.65. The van der Waals surface area contributed by atoms with E-state index < -0.39 is 24.4 Å². The number of hydrogen-bond acceptors (Lipinski definition) is 3. The molecule has 0 aromatic carbocycles. The number of allylic oxidation sites excluding steroid dienone is 1. The number of amides is 1. The van der Waals surface area contributed by atoms with Crippen molar-refractivity contribution in [3.05, 3.63) is 50.6 Å². The van der Waals surface area contributed by atoms with Gasteiger partial charge in [0, 0.05) is 53.3 Å². The fourth-order valence-electron chi connectivity index (χ4n) is 4.90. The molecule has 1 N–H and O–H groups in total. The molecule has 55 heavy (non-hydrogen) atoms. The van der Waals surface area contributed by atoms with Crippen LogP contribution < -0.4 is 5.32 Å². The number of hydrogen-bond donors (Lipinski definition) is 1. The van der Waals surface area contributed by atoms with Crippen LogP contribution in [0.1, 0.15) is 53.4 Å². The first-order chi connectivity index (χ1) is 26.6. The SMILES string of the molecule is C=CCC1O[C@@H](OC[C@H](NC(=O)C#CC#CC#CC#CC#CC#CC#CC#CC#CC#CC#CC#CC)[C@H](F)CCCC(C)(C)C)[C@H](C=C)C(C=C)[C@H]1C=C. The van der Waals surface area contributed by atoms with Crippen molar-refractivity contribution < 1.29 is 18.7 Å². The summed E-state index contributed by atoms with van der Waals surface area (Å²) < 4.78 is 28.1. The number of halogens is 1. The van der Waals surface area contributed by atoms with Gasteiger partial charge in [0.15, 0.2) is 6.29 Å². The van der Waals surface area contributed by atoms with Gasteiger partial charge in [-0.15, -0.1) is 26.3 Å². The second-order valence-corrected chi connectivity index (χ2v) is 12.5. The van der Waals surface area contributed by atoms with Crippen molar-refractivity contribution in [1.29, 1.82) is 0 Å². The van der Waals surface area contributed by atoms with Crippen molar-refractivity contribution in [1.82, 2.24) is 5.32 Å². The first-order valence-electron chi connectivity index (χ1n) is 17.2. The maximum Gasteiger partial charge on any atom is 0.297 e. The van der Waals surface area contributed by atoms with Gasteiger partial charge in [0.2, 0.25) is 0 Å². The van der Waals surface area contributed by atoms with E-state index in [1.807, 2.05) is 12.2 Å². The van der Waals surface area contributed by atoms with E-state index in [0.717, 1.165) is 6.42 Å². The molecule has 4 nitrogen and oxygen atoms in total. The normalized spacial score (nSPS) is 17.7. The highest BCUT2D eigenvalue weighted by Gasteiger charge is 2.42. The average molecular weight is 724 g/mol. The fourth-order valence-corrected chi connectivity index (χ4v) is 4.90. The van der Waals surface area contributed by atoms with Crippen molar-refractivity contribution in [3.8, 4) is 142 Å². The lowest BCUT2D eigenvalue weighted by Crippen LogP contribution is -2.50. The molecule has 272 valence electrons. The molecule has 5 heteroatoms. The van der Waals surface area contributed by atoms with E-state index in [1.54, 1.807) is 19.1 Å². The minimum absolute atomic E-state index is 0.0301. The van der Waals surface area contributed by atoms with Crippen LogP contribution in [0, 0.1) is 165 Å². The Kier molecular flexibility index (Phi) is 23.9. The molecule has 1 rings (SSSR count). The van der Waals surface area contributed by atoms with Gasteiger partial charge in [0.1, 0.15) is 6.17 Å². The maximum atomic E-state index is 15.6. The predicted molar refractivity (Wildman–Crippen MR) is 220 cm³/mol. The molecule has 0 aromatic heterocycles. The highest BCUT2D eigenvalue weighted by atomic mass is 19.1. The Balaban J connectivity index is 2.87. The third kappa shape index (κ3) is 21.2. The van der Waals surface area contributed by atoms with E-state index >= 15 is 4.39 Å². The summed E-state index contributed by atoms with van der Waals surface area (Å²) in [6.45, 7) is 23.6. The van der Waals surface area contributed by atoms with E-state index in [9.17, 15) is 4.79 Å². The topological polar surface area (TPSA) is 47.6 Å². The minimum atomic E-state index is -1.39. The summed E-state index contributed by atoms with van der Waals surface area (Å²) >= 11 is 0. The molecule has 0 spiro atoms. The zero-order valence-electron chi connectivity index (χ0n) is 31.8. The molecule has 0 aromatic rings. The number of rotatable bonds is 13. The zero-order chi connectivity index (χ0) is 40.6. The third-order valence-corrected chi connectivity index (χ3v) is 7.37. The van der Waals surface area contributed by atoms with Crippen LogP contribution in [-0.2, 0) is 14.3 Å². The quantitative estimate of drug-likeness (QED) is 0.193. The summed E-state index contributed by atoms with van der Waals surface area (Å²) in [6, 6.07) is -0.981. The number of nitrogens with one attached hydrogen (secondary N) is 1. The van der Waals surface area contributed by atoms with Crippen molar-refractivity contribution in [2.75, 3.05) is 6.61 Å². The van der Waals surface area contributed by atoms with Crippen LogP contribution in [0.15, 0.2) is 50.6 Å². The van der Waals surface area contributed by atoms with Gasteiger partial charge in [0.05, 0.1) is 18.8 Å².